The van der Waals surface area contributed by atoms with Crippen molar-refractivity contribution in [2.24, 2.45) is 11.7 Å². The number of halogens is 1. The molecule has 1 saturated carbocycles. The van der Waals surface area contributed by atoms with Crippen LogP contribution in [-0.4, -0.2) is 17.1 Å². The van der Waals surface area contributed by atoms with Crippen molar-refractivity contribution in [2.75, 3.05) is 5.32 Å². The molecule has 92 valence electrons. The van der Waals surface area contributed by atoms with Crippen LogP contribution in [0, 0.1) is 11.7 Å². The van der Waals surface area contributed by atoms with Crippen molar-refractivity contribution in [2.45, 2.75) is 25.3 Å². The molecule has 0 heterocycles. The third-order valence-electron chi connectivity index (χ3n) is 2.88. The molecule has 1 unspecified atom stereocenters. The highest BCUT2D eigenvalue weighted by Crippen LogP contribution is 2.32. The van der Waals surface area contributed by atoms with Gasteiger partial charge in [-0.1, -0.05) is 0 Å². The van der Waals surface area contributed by atoms with Crippen LogP contribution < -0.4 is 11.1 Å². The van der Waals surface area contributed by atoms with E-state index >= 15 is 0 Å². The fourth-order valence-electron chi connectivity index (χ4n) is 1.70. The van der Waals surface area contributed by atoms with Crippen LogP contribution in [0.25, 0.3) is 0 Å². The summed E-state index contributed by atoms with van der Waals surface area (Å²) in [5, 5.41) is 11.6. The fourth-order valence-corrected chi connectivity index (χ4v) is 1.70. The zero-order valence-corrected chi connectivity index (χ0v) is 9.32. The number of nitrogens with two attached hydrogens (primary N) is 1. The van der Waals surface area contributed by atoms with E-state index < -0.39 is 11.6 Å². The number of aromatic hydroxyl groups is 1. The van der Waals surface area contributed by atoms with E-state index in [0.717, 1.165) is 18.9 Å². The zero-order chi connectivity index (χ0) is 12.4. The van der Waals surface area contributed by atoms with Gasteiger partial charge in [0.05, 0.1) is 0 Å². The van der Waals surface area contributed by atoms with E-state index in [1.165, 1.54) is 12.1 Å². The number of phenolic OH excluding ortho intramolecular Hbond substituents is 1. The van der Waals surface area contributed by atoms with Gasteiger partial charge in [-0.25, -0.2) is 4.39 Å². The molecule has 0 aromatic heterocycles. The van der Waals surface area contributed by atoms with Crippen LogP contribution in [0.2, 0.25) is 0 Å². The predicted octanol–water partition coefficient (Wildman–Crippen LogP) is 1.60. The number of rotatable bonds is 4. The molecule has 5 heteroatoms. The highest BCUT2D eigenvalue weighted by molar-refractivity contribution is 5.91. The van der Waals surface area contributed by atoms with Crippen molar-refractivity contribution in [1.29, 1.82) is 0 Å². The molecule has 1 atom stereocenters. The molecule has 1 aliphatic carbocycles. The summed E-state index contributed by atoms with van der Waals surface area (Å²) < 4.78 is 13.0. The third-order valence-corrected chi connectivity index (χ3v) is 2.88. The summed E-state index contributed by atoms with van der Waals surface area (Å²) in [6.45, 7) is 0. The molecular formula is C12H15FN2O2. The highest BCUT2D eigenvalue weighted by Gasteiger charge is 2.29. The maximum absolute atomic E-state index is 13.0. The highest BCUT2D eigenvalue weighted by atomic mass is 19.1. The number of hydrogen-bond donors (Lipinski definition) is 3. The Hall–Kier alpha value is -1.62. The number of nitrogens with one attached hydrogen (secondary N) is 1. The quantitative estimate of drug-likeness (QED) is 0.697. The molecule has 4 N–H and O–H groups in total. The van der Waals surface area contributed by atoms with Crippen LogP contribution in [-0.2, 0) is 4.79 Å². The Labute approximate surface area is 98.6 Å². The normalized spacial score (nSPS) is 16.6. The predicted molar refractivity (Wildman–Crippen MR) is 62.0 cm³/mol. The van der Waals surface area contributed by atoms with Crippen LogP contribution in [0.15, 0.2) is 18.2 Å². The Bertz CT molecular complexity index is 433. The first-order valence-electron chi connectivity index (χ1n) is 5.60. The SMILES string of the molecule is NC(CC(=O)Nc1ccc(O)c(F)c1)C1CC1. The smallest absolute Gasteiger partial charge is 0.225 e. The van der Waals surface area contributed by atoms with E-state index in [0.29, 0.717) is 11.6 Å². The Morgan fingerprint density at radius 3 is 2.88 bits per heavy atom. The summed E-state index contributed by atoms with van der Waals surface area (Å²) in [6.07, 6.45) is 2.41. The van der Waals surface area contributed by atoms with Gasteiger partial charge in [0, 0.05) is 24.2 Å². The first kappa shape index (κ1) is 11.9. The number of amides is 1. The molecule has 0 bridgehead atoms. The first-order valence-corrected chi connectivity index (χ1v) is 5.60. The minimum atomic E-state index is -0.755. The van der Waals surface area contributed by atoms with Crippen LogP contribution in [0.5, 0.6) is 5.75 Å². The van der Waals surface area contributed by atoms with E-state index in [1.54, 1.807) is 0 Å². The second-order valence-corrected chi connectivity index (χ2v) is 4.42. The largest absolute Gasteiger partial charge is 0.505 e. The summed E-state index contributed by atoms with van der Waals surface area (Å²) in [5.41, 5.74) is 6.14. The molecule has 1 amide bonds. The molecule has 0 saturated heterocycles. The summed E-state index contributed by atoms with van der Waals surface area (Å²) in [4.78, 5) is 11.6. The average molecular weight is 238 g/mol. The second kappa shape index (κ2) is 4.71. The van der Waals surface area contributed by atoms with Crippen molar-refractivity contribution in [3.05, 3.63) is 24.0 Å². The zero-order valence-electron chi connectivity index (χ0n) is 9.32. The lowest BCUT2D eigenvalue weighted by atomic mass is 10.1. The molecule has 1 fully saturated rings. The molecular weight excluding hydrogens is 223 g/mol. The lowest BCUT2D eigenvalue weighted by Gasteiger charge is -2.10. The number of hydrogen-bond acceptors (Lipinski definition) is 3. The van der Waals surface area contributed by atoms with Gasteiger partial charge in [-0.15, -0.1) is 0 Å². The van der Waals surface area contributed by atoms with Gasteiger partial charge in [0.25, 0.3) is 0 Å². The molecule has 1 aliphatic rings. The Morgan fingerprint density at radius 2 is 2.29 bits per heavy atom. The van der Waals surface area contributed by atoms with Crippen molar-refractivity contribution in [3.63, 3.8) is 0 Å². The third kappa shape index (κ3) is 3.17. The van der Waals surface area contributed by atoms with E-state index in [2.05, 4.69) is 5.32 Å². The van der Waals surface area contributed by atoms with Gasteiger partial charge in [0.15, 0.2) is 11.6 Å². The Balaban J connectivity index is 1.90. The molecule has 0 radical (unpaired) electrons. The van der Waals surface area contributed by atoms with Crippen LogP contribution in [0.3, 0.4) is 0 Å². The lowest BCUT2D eigenvalue weighted by Crippen LogP contribution is -2.28. The maximum atomic E-state index is 13.0. The van der Waals surface area contributed by atoms with Crippen molar-refractivity contribution in [3.8, 4) is 5.75 Å². The van der Waals surface area contributed by atoms with Crippen LogP contribution >= 0.6 is 0 Å². The summed E-state index contributed by atoms with van der Waals surface area (Å²) in [6, 6.07) is 3.61. The summed E-state index contributed by atoms with van der Waals surface area (Å²) in [7, 11) is 0. The van der Waals surface area contributed by atoms with Gasteiger partial charge in [-0.2, -0.15) is 0 Å². The van der Waals surface area contributed by atoms with Crippen LogP contribution in [0.1, 0.15) is 19.3 Å². The van der Waals surface area contributed by atoms with Gasteiger partial charge in [-0.3, -0.25) is 4.79 Å². The number of phenols is 1. The second-order valence-electron chi connectivity index (χ2n) is 4.42. The number of anilines is 1. The minimum Gasteiger partial charge on any atom is -0.505 e. The maximum Gasteiger partial charge on any atom is 0.225 e. The fraction of sp³-hybridized carbons (Fsp3) is 0.417. The Morgan fingerprint density at radius 1 is 1.59 bits per heavy atom. The molecule has 17 heavy (non-hydrogen) atoms. The number of carbonyl (C=O) groups excluding carboxylic acids is 1. The van der Waals surface area contributed by atoms with Gasteiger partial charge >= 0.3 is 0 Å². The average Bonchev–Trinajstić information content (AvgIpc) is 3.06. The molecule has 0 aliphatic heterocycles. The Kier molecular flexibility index (Phi) is 3.28. The van der Waals surface area contributed by atoms with Crippen molar-refractivity contribution < 1.29 is 14.3 Å². The van der Waals surface area contributed by atoms with Gasteiger partial charge in [0.1, 0.15) is 0 Å². The van der Waals surface area contributed by atoms with Crippen LogP contribution in [0.4, 0.5) is 10.1 Å². The molecule has 1 aromatic carbocycles. The van der Waals surface area contributed by atoms with Gasteiger partial charge in [-0.05, 0) is 30.9 Å². The van der Waals surface area contributed by atoms with E-state index in [-0.39, 0.29) is 18.4 Å². The minimum absolute atomic E-state index is 0.114. The number of carbonyl (C=O) groups is 1. The standard InChI is InChI=1S/C12H15FN2O2/c13-9-5-8(3-4-11(9)16)15-12(17)6-10(14)7-1-2-7/h3-5,7,10,16H,1-2,6,14H2,(H,15,17). The van der Waals surface area contributed by atoms with E-state index in [9.17, 15) is 9.18 Å². The van der Waals surface area contributed by atoms with Gasteiger partial charge in [0.2, 0.25) is 5.91 Å². The van der Waals surface area contributed by atoms with Gasteiger partial charge < -0.3 is 16.2 Å². The van der Waals surface area contributed by atoms with Crippen molar-refractivity contribution >= 4 is 11.6 Å². The molecule has 2 rings (SSSR count). The van der Waals surface area contributed by atoms with E-state index in [1.807, 2.05) is 0 Å². The summed E-state index contributed by atoms with van der Waals surface area (Å²) >= 11 is 0. The topological polar surface area (TPSA) is 75.4 Å². The molecule has 0 spiro atoms. The summed E-state index contributed by atoms with van der Waals surface area (Å²) in [5.74, 6) is -0.959. The molecule has 1 aromatic rings. The van der Waals surface area contributed by atoms with Crippen molar-refractivity contribution in [1.82, 2.24) is 0 Å². The monoisotopic (exact) mass is 238 g/mol. The molecule has 4 nitrogen and oxygen atoms in total. The number of benzene rings is 1. The first-order chi connectivity index (χ1) is 8.06. The lowest BCUT2D eigenvalue weighted by molar-refractivity contribution is -0.116. The van der Waals surface area contributed by atoms with E-state index in [4.69, 9.17) is 10.8 Å².